The molecule has 1 amide bonds. The number of para-hydroxylation sites is 1. The van der Waals surface area contributed by atoms with E-state index in [0.29, 0.717) is 0 Å². The minimum Gasteiger partial charge on any atom is -0.493 e. The van der Waals surface area contributed by atoms with Gasteiger partial charge in [-0.1, -0.05) is 12.1 Å². The minimum atomic E-state index is -0.355. The van der Waals surface area contributed by atoms with E-state index in [0.717, 1.165) is 66.6 Å². The SMILES string of the molecule is COc1cccc2c1OC(C)(C)[C@H]1CC3(CCN(C(=O)c4scnc4C)CC3)CO[C@H]21. The van der Waals surface area contributed by atoms with Gasteiger partial charge in [0.05, 0.1) is 31.0 Å². The molecule has 166 valence electrons. The van der Waals surface area contributed by atoms with Gasteiger partial charge in [0.1, 0.15) is 10.5 Å². The standard InChI is InChI=1S/C24H30N2O4S/c1-15-21(31-14-25-15)22(27)26-10-8-24(9-11-26)12-17-19(29-13-24)16-6-5-7-18(28-4)20(16)30-23(17,2)3/h5-7,14,17,19H,8-13H2,1-4H3/t17-,19+/m0/s1. The lowest BCUT2D eigenvalue weighted by Crippen LogP contribution is -2.54. The fourth-order valence-corrected chi connectivity index (χ4v) is 6.25. The molecule has 0 saturated carbocycles. The lowest BCUT2D eigenvalue weighted by atomic mass is 9.64. The molecule has 0 N–H and O–H groups in total. The second-order valence-electron chi connectivity index (χ2n) is 9.69. The third-order valence-electron chi connectivity index (χ3n) is 7.43. The van der Waals surface area contributed by atoms with Crippen molar-refractivity contribution in [1.82, 2.24) is 9.88 Å². The number of amides is 1. The molecular formula is C24H30N2O4S. The van der Waals surface area contributed by atoms with Crippen LogP contribution in [0.5, 0.6) is 11.5 Å². The Morgan fingerprint density at radius 3 is 2.74 bits per heavy atom. The monoisotopic (exact) mass is 442 g/mol. The van der Waals surface area contributed by atoms with Gasteiger partial charge in [-0.05, 0) is 51.5 Å². The molecule has 0 bridgehead atoms. The number of methoxy groups -OCH3 is 1. The lowest BCUT2D eigenvalue weighted by Gasteiger charge is -2.54. The predicted octanol–water partition coefficient (Wildman–Crippen LogP) is 4.63. The average Bonchev–Trinajstić information content (AvgIpc) is 3.19. The fraction of sp³-hybridized carbons (Fsp3) is 0.583. The second kappa shape index (κ2) is 7.48. The van der Waals surface area contributed by atoms with Crippen LogP contribution >= 0.6 is 11.3 Å². The molecule has 0 radical (unpaired) electrons. The van der Waals surface area contributed by atoms with Crippen molar-refractivity contribution in [3.63, 3.8) is 0 Å². The van der Waals surface area contributed by atoms with E-state index in [1.54, 1.807) is 12.6 Å². The highest BCUT2D eigenvalue weighted by molar-refractivity contribution is 7.11. The third-order valence-corrected chi connectivity index (χ3v) is 8.35. The van der Waals surface area contributed by atoms with Gasteiger partial charge in [-0.25, -0.2) is 4.98 Å². The number of aromatic nitrogens is 1. The molecule has 0 aliphatic carbocycles. The topological polar surface area (TPSA) is 60.9 Å². The van der Waals surface area contributed by atoms with Crippen LogP contribution in [-0.2, 0) is 4.74 Å². The summed E-state index contributed by atoms with van der Waals surface area (Å²) < 4.78 is 18.6. The van der Waals surface area contributed by atoms with Crippen molar-refractivity contribution in [2.75, 3.05) is 26.8 Å². The number of carbonyl (C=O) groups excluding carboxylic acids is 1. The van der Waals surface area contributed by atoms with Crippen molar-refractivity contribution >= 4 is 17.2 Å². The summed E-state index contributed by atoms with van der Waals surface area (Å²) >= 11 is 1.44. The van der Waals surface area contributed by atoms with Gasteiger partial charge in [0.15, 0.2) is 11.5 Å². The molecular weight excluding hydrogens is 412 g/mol. The van der Waals surface area contributed by atoms with Crippen LogP contribution < -0.4 is 9.47 Å². The number of hydrogen-bond acceptors (Lipinski definition) is 6. The number of nitrogens with zero attached hydrogens (tertiary/aromatic N) is 2. The molecule has 2 atom stereocenters. The molecule has 31 heavy (non-hydrogen) atoms. The summed E-state index contributed by atoms with van der Waals surface area (Å²) in [5.41, 5.74) is 3.41. The summed E-state index contributed by atoms with van der Waals surface area (Å²) in [6.07, 6.45) is 2.98. The first-order chi connectivity index (χ1) is 14.8. The summed E-state index contributed by atoms with van der Waals surface area (Å²) in [7, 11) is 1.68. The zero-order valence-corrected chi connectivity index (χ0v) is 19.5. The Kier molecular flexibility index (Phi) is 5.01. The third kappa shape index (κ3) is 3.42. The van der Waals surface area contributed by atoms with Gasteiger partial charge in [-0.3, -0.25) is 4.79 Å². The van der Waals surface area contributed by atoms with Gasteiger partial charge in [-0.15, -0.1) is 11.3 Å². The Balaban J connectivity index is 1.34. The Bertz CT molecular complexity index is 993. The van der Waals surface area contributed by atoms with Crippen molar-refractivity contribution in [2.45, 2.75) is 51.7 Å². The first-order valence-electron chi connectivity index (χ1n) is 11.0. The van der Waals surface area contributed by atoms with E-state index >= 15 is 0 Å². The van der Waals surface area contributed by atoms with Crippen LogP contribution in [0.25, 0.3) is 0 Å². The van der Waals surface area contributed by atoms with Gasteiger partial charge < -0.3 is 19.1 Å². The number of thiazole rings is 1. The Labute approximate surface area is 187 Å². The molecule has 3 aliphatic heterocycles. The number of aryl methyl sites for hydroxylation is 1. The number of fused-ring (bicyclic) bond motifs is 3. The predicted molar refractivity (Wildman–Crippen MR) is 119 cm³/mol. The smallest absolute Gasteiger partial charge is 0.265 e. The summed E-state index contributed by atoms with van der Waals surface area (Å²) in [6.45, 7) is 8.48. The van der Waals surface area contributed by atoms with E-state index in [9.17, 15) is 4.79 Å². The highest BCUT2D eigenvalue weighted by atomic mass is 32.1. The average molecular weight is 443 g/mol. The van der Waals surface area contributed by atoms with Crippen molar-refractivity contribution in [3.05, 3.63) is 39.8 Å². The molecule has 2 fully saturated rings. The van der Waals surface area contributed by atoms with Crippen LogP contribution in [0.3, 0.4) is 0 Å². The summed E-state index contributed by atoms with van der Waals surface area (Å²) in [5, 5.41) is 0. The molecule has 3 aliphatic rings. The fourth-order valence-electron chi connectivity index (χ4n) is 5.48. The quantitative estimate of drug-likeness (QED) is 0.679. The van der Waals surface area contributed by atoms with Crippen LogP contribution in [0.4, 0.5) is 0 Å². The molecule has 6 nitrogen and oxygen atoms in total. The number of likely N-dealkylation sites (tertiary alicyclic amines) is 1. The Hall–Kier alpha value is -2.12. The molecule has 1 aromatic heterocycles. The number of hydrogen-bond donors (Lipinski definition) is 0. The lowest BCUT2D eigenvalue weighted by molar-refractivity contribution is -0.173. The number of piperidine rings is 1. The van der Waals surface area contributed by atoms with Crippen LogP contribution in [-0.4, -0.2) is 48.2 Å². The zero-order valence-electron chi connectivity index (χ0n) is 18.6. The molecule has 2 saturated heterocycles. The van der Waals surface area contributed by atoms with Gasteiger partial charge >= 0.3 is 0 Å². The van der Waals surface area contributed by atoms with Gasteiger partial charge in [0.2, 0.25) is 0 Å². The highest BCUT2D eigenvalue weighted by Crippen LogP contribution is 2.57. The maximum absolute atomic E-state index is 12.9. The van der Waals surface area contributed by atoms with Crippen molar-refractivity contribution < 1.29 is 19.0 Å². The summed E-state index contributed by atoms with van der Waals surface area (Å²) in [4.78, 5) is 19.9. The Morgan fingerprint density at radius 2 is 2.06 bits per heavy atom. The van der Waals surface area contributed by atoms with E-state index in [1.165, 1.54) is 11.3 Å². The molecule has 1 aromatic carbocycles. The highest BCUT2D eigenvalue weighted by Gasteiger charge is 2.53. The van der Waals surface area contributed by atoms with Gasteiger partial charge in [-0.2, -0.15) is 0 Å². The largest absolute Gasteiger partial charge is 0.493 e. The van der Waals surface area contributed by atoms with E-state index in [4.69, 9.17) is 14.2 Å². The summed E-state index contributed by atoms with van der Waals surface area (Å²) in [6, 6.07) is 6.05. The van der Waals surface area contributed by atoms with E-state index < -0.39 is 0 Å². The van der Waals surface area contributed by atoms with Gasteiger partial charge in [0.25, 0.3) is 5.91 Å². The number of rotatable bonds is 2. The molecule has 5 rings (SSSR count). The Morgan fingerprint density at radius 1 is 1.29 bits per heavy atom. The molecule has 2 aromatic rings. The van der Waals surface area contributed by atoms with E-state index in [1.807, 2.05) is 24.0 Å². The number of ether oxygens (including phenoxy) is 3. The maximum Gasteiger partial charge on any atom is 0.265 e. The minimum absolute atomic E-state index is 0.0129. The van der Waals surface area contributed by atoms with Crippen LogP contribution in [0.1, 0.15) is 60.1 Å². The molecule has 7 heteroatoms. The first-order valence-corrected chi connectivity index (χ1v) is 11.9. The van der Waals surface area contributed by atoms with E-state index in [2.05, 4.69) is 24.9 Å². The normalized spacial score (nSPS) is 26.0. The first kappa shape index (κ1) is 20.8. The van der Waals surface area contributed by atoms with Crippen molar-refractivity contribution in [2.24, 2.45) is 11.3 Å². The second-order valence-corrected chi connectivity index (χ2v) is 10.5. The van der Waals surface area contributed by atoms with Crippen LogP contribution in [0, 0.1) is 18.3 Å². The molecule has 4 heterocycles. The van der Waals surface area contributed by atoms with Gasteiger partial charge in [0, 0.05) is 24.6 Å². The van der Waals surface area contributed by atoms with E-state index in [-0.39, 0.29) is 28.9 Å². The van der Waals surface area contributed by atoms with Crippen LogP contribution in [0.15, 0.2) is 23.7 Å². The summed E-state index contributed by atoms with van der Waals surface area (Å²) in [5.74, 6) is 1.95. The zero-order chi connectivity index (χ0) is 21.8. The number of carbonyl (C=O) groups is 1. The van der Waals surface area contributed by atoms with Crippen molar-refractivity contribution in [1.29, 1.82) is 0 Å². The maximum atomic E-state index is 12.9. The molecule has 0 unspecified atom stereocenters. The molecule has 1 spiro atoms. The number of benzene rings is 1. The van der Waals surface area contributed by atoms with Crippen LogP contribution in [0.2, 0.25) is 0 Å². The van der Waals surface area contributed by atoms with Crippen molar-refractivity contribution in [3.8, 4) is 11.5 Å².